The predicted octanol–water partition coefficient (Wildman–Crippen LogP) is 4.78. The molecule has 0 unspecified atom stereocenters. The standard InChI is InChI=1S/C28H31Cl2N3O4S/c1-20(2)31-28(35)26(17-21-7-5-4-6-8-21)33(18-22-9-11-23(29)12-10-22)27(34)19-32(3)38(36,37)25-15-13-24(30)14-16-25/h4-16,20,26H,17-19H2,1-3H3,(H,31,35)/t26-/m1/s1. The summed E-state index contributed by atoms with van der Waals surface area (Å²) in [4.78, 5) is 28.6. The molecule has 3 aromatic rings. The number of carbonyl (C=O) groups is 2. The van der Waals surface area contributed by atoms with Crippen LogP contribution in [-0.2, 0) is 32.6 Å². The first kappa shape index (κ1) is 29.6. The van der Waals surface area contributed by atoms with Gasteiger partial charge in [-0.05, 0) is 61.4 Å². The summed E-state index contributed by atoms with van der Waals surface area (Å²) in [5, 5.41) is 3.85. The van der Waals surface area contributed by atoms with Crippen LogP contribution in [0.5, 0.6) is 0 Å². The summed E-state index contributed by atoms with van der Waals surface area (Å²) < 4.78 is 27.3. The van der Waals surface area contributed by atoms with Gasteiger partial charge in [-0.15, -0.1) is 0 Å². The maximum Gasteiger partial charge on any atom is 0.243 e. The van der Waals surface area contributed by atoms with Crippen LogP contribution < -0.4 is 5.32 Å². The van der Waals surface area contributed by atoms with Crippen molar-refractivity contribution in [2.24, 2.45) is 0 Å². The maximum absolute atomic E-state index is 13.8. The predicted molar refractivity (Wildman–Crippen MR) is 150 cm³/mol. The summed E-state index contributed by atoms with van der Waals surface area (Å²) in [5.74, 6) is -0.839. The molecule has 38 heavy (non-hydrogen) atoms. The number of rotatable bonds is 11. The molecule has 0 aliphatic carbocycles. The Kier molecular flexibility index (Phi) is 10.3. The molecule has 0 spiro atoms. The van der Waals surface area contributed by atoms with Gasteiger partial charge < -0.3 is 10.2 Å². The van der Waals surface area contributed by atoms with E-state index in [-0.39, 0.29) is 29.8 Å². The van der Waals surface area contributed by atoms with Crippen LogP contribution in [0.2, 0.25) is 10.0 Å². The number of likely N-dealkylation sites (N-methyl/N-ethyl adjacent to an activating group) is 1. The lowest BCUT2D eigenvalue weighted by atomic mass is 10.0. The van der Waals surface area contributed by atoms with E-state index < -0.39 is 28.5 Å². The average molecular weight is 577 g/mol. The Hall–Kier alpha value is -2.91. The molecular weight excluding hydrogens is 545 g/mol. The molecular formula is C28H31Cl2N3O4S. The summed E-state index contributed by atoms with van der Waals surface area (Å²) in [6.07, 6.45) is 0.256. The Morgan fingerprint density at radius 2 is 1.39 bits per heavy atom. The van der Waals surface area contributed by atoms with E-state index in [1.807, 2.05) is 44.2 Å². The third-order valence-corrected chi connectivity index (χ3v) is 8.17. The summed E-state index contributed by atoms with van der Waals surface area (Å²) in [6.45, 7) is 3.32. The van der Waals surface area contributed by atoms with Crippen molar-refractivity contribution in [2.75, 3.05) is 13.6 Å². The van der Waals surface area contributed by atoms with Gasteiger partial charge in [-0.2, -0.15) is 4.31 Å². The van der Waals surface area contributed by atoms with Crippen molar-refractivity contribution in [3.05, 3.63) is 100 Å². The van der Waals surface area contributed by atoms with Crippen molar-refractivity contribution < 1.29 is 18.0 Å². The van der Waals surface area contributed by atoms with E-state index in [0.29, 0.717) is 10.0 Å². The van der Waals surface area contributed by atoms with Gasteiger partial charge in [0, 0.05) is 36.1 Å². The van der Waals surface area contributed by atoms with Gasteiger partial charge in [0.2, 0.25) is 21.8 Å². The van der Waals surface area contributed by atoms with Crippen LogP contribution in [0.25, 0.3) is 0 Å². The van der Waals surface area contributed by atoms with Crippen molar-refractivity contribution in [2.45, 2.75) is 43.8 Å². The van der Waals surface area contributed by atoms with Gasteiger partial charge in [0.15, 0.2) is 0 Å². The number of nitrogens with one attached hydrogen (secondary N) is 1. The Balaban J connectivity index is 1.96. The lowest BCUT2D eigenvalue weighted by Crippen LogP contribution is -2.53. The van der Waals surface area contributed by atoms with Gasteiger partial charge in [0.1, 0.15) is 6.04 Å². The molecule has 202 valence electrons. The fourth-order valence-corrected chi connectivity index (χ4v) is 5.25. The molecule has 0 heterocycles. The minimum atomic E-state index is -3.98. The average Bonchev–Trinajstić information content (AvgIpc) is 2.87. The lowest BCUT2D eigenvalue weighted by Gasteiger charge is -2.33. The highest BCUT2D eigenvalue weighted by Gasteiger charge is 2.33. The molecule has 0 saturated carbocycles. The van der Waals surface area contributed by atoms with Crippen LogP contribution >= 0.6 is 23.2 Å². The molecule has 1 atom stereocenters. The number of hydrogen-bond donors (Lipinski definition) is 1. The number of hydrogen-bond acceptors (Lipinski definition) is 4. The number of amides is 2. The van der Waals surface area contributed by atoms with E-state index in [0.717, 1.165) is 15.4 Å². The molecule has 10 heteroatoms. The van der Waals surface area contributed by atoms with Crippen LogP contribution in [0.15, 0.2) is 83.8 Å². The smallest absolute Gasteiger partial charge is 0.243 e. The van der Waals surface area contributed by atoms with E-state index >= 15 is 0 Å². The molecule has 0 aliphatic rings. The summed E-state index contributed by atoms with van der Waals surface area (Å²) in [6, 6.07) is 21.0. The van der Waals surface area contributed by atoms with Crippen LogP contribution in [-0.4, -0.2) is 55.1 Å². The number of benzene rings is 3. The minimum Gasteiger partial charge on any atom is -0.352 e. The van der Waals surface area contributed by atoms with E-state index in [9.17, 15) is 18.0 Å². The largest absolute Gasteiger partial charge is 0.352 e. The minimum absolute atomic E-state index is 0.0137. The molecule has 3 rings (SSSR count). The molecule has 0 aliphatic heterocycles. The number of halogens is 2. The molecule has 0 fully saturated rings. The van der Waals surface area contributed by atoms with Gasteiger partial charge in [-0.25, -0.2) is 8.42 Å². The Labute approximate surface area is 234 Å². The summed E-state index contributed by atoms with van der Waals surface area (Å²) >= 11 is 12.0. The quantitative estimate of drug-likeness (QED) is 0.356. The maximum atomic E-state index is 13.8. The SMILES string of the molecule is CC(C)NC(=O)[C@@H](Cc1ccccc1)N(Cc1ccc(Cl)cc1)C(=O)CN(C)S(=O)(=O)c1ccc(Cl)cc1. The zero-order valence-electron chi connectivity index (χ0n) is 21.5. The first-order valence-corrected chi connectivity index (χ1v) is 14.3. The summed E-state index contributed by atoms with van der Waals surface area (Å²) in [7, 11) is -2.64. The topological polar surface area (TPSA) is 86.8 Å². The molecule has 0 radical (unpaired) electrons. The third kappa shape index (κ3) is 8.04. The van der Waals surface area contributed by atoms with E-state index in [4.69, 9.17) is 23.2 Å². The van der Waals surface area contributed by atoms with Crippen LogP contribution in [0, 0.1) is 0 Å². The molecule has 0 aromatic heterocycles. The van der Waals surface area contributed by atoms with Crippen molar-refractivity contribution in [3.8, 4) is 0 Å². The third-order valence-electron chi connectivity index (χ3n) is 5.85. The second kappa shape index (κ2) is 13.2. The Bertz CT molecular complexity index is 1330. The molecule has 7 nitrogen and oxygen atoms in total. The van der Waals surface area contributed by atoms with E-state index in [2.05, 4.69) is 5.32 Å². The highest BCUT2D eigenvalue weighted by Crippen LogP contribution is 2.20. The highest BCUT2D eigenvalue weighted by atomic mass is 35.5. The second-order valence-electron chi connectivity index (χ2n) is 9.23. The lowest BCUT2D eigenvalue weighted by molar-refractivity contribution is -0.141. The molecule has 3 aromatic carbocycles. The zero-order chi connectivity index (χ0) is 27.9. The molecule has 1 N–H and O–H groups in total. The van der Waals surface area contributed by atoms with E-state index in [1.54, 1.807) is 24.3 Å². The van der Waals surface area contributed by atoms with Crippen molar-refractivity contribution in [1.82, 2.24) is 14.5 Å². The van der Waals surface area contributed by atoms with Gasteiger partial charge in [0.05, 0.1) is 11.4 Å². The number of nitrogens with zero attached hydrogens (tertiary/aromatic N) is 2. The number of carbonyl (C=O) groups excluding carboxylic acids is 2. The zero-order valence-corrected chi connectivity index (χ0v) is 23.8. The van der Waals surface area contributed by atoms with Crippen molar-refractivity contribution >= 4 is 45.0 Å². The highest BCUT2D eigenvalue weighted by molar-refractivity contribution is 7.89. The van der Waals surface area contributed by atoms with Gasteiger partial charge >= 0.3 is 0 Å². The van der Waals surface area contributed by atoms with Gasteiger partial charge in [0.25, 0.3) is 0 Å². The Morgan fingerprint density at radius 1 is 0.842 bits per heavy atom. The van der Waals surface area contributed by atoms with Crippen molar-refractivity contribution in [1.29, 1.82) is 0 Å². The molecule has 0 bridgehead atoms. The first-order chi connectivity index (χ1) is 18.0. The van der Waals surface area contributed by atoms with Crippen LogP contribution in [0.3, 0.4) is 0 Å². The van der Waals surface area contributed by atoms with Gasteiger partial charge in [-0.1, -0.05) is 65.7 Å². The normalized spacial score (nSPS) is 12.4. The fourth-order valence-electron chi connectivity index (χ4n) is 3.87. The number of sulfonamides is 1. The summed E-state index contributed by atoms with van der Waals surface area (Å²) in [5.41, 5.74) is 1.62. The van der Waals surface area contributed by atoms with Crippen LogP contribution in [0.4, 0.5) is 0 Å². The second-order valence-corrected chi connectivity index (χ2v) is 12.1. The first-order valence-electron chi connectivity index (χ1n) is 12.1. The van der Waals surface area contributed by atoms with E-state index in [1.165, 1.54) is 36.2 Å². The Morgan fingerprint density at radius 3 is 1.95 bits per heavy atom. The van der Waals surface area contributed by atoms with Crippen LogP contribution in [0.1, 0.15) is 25.0 Å². The van der Waals surface area contributed by atoms with Crippen molar-refractivity contribution in [3.63, 3.8) is 0 Å². The fraction of sp³-hybridized carbons (Fsp3) is 0.286. The van der Waals surface area contributed by atoms with Gasteiger partial charge in [-0.3, -0.25) is 9.59 Å². The molecule has 2 amide bonds. The molecule has 0 saturated heterocycles. The monoisotopic (exact) mass is 575 g/mol.